The van der Waals surface area contributed by atoms with Gasteiger partial charge in [0.2, 0.25) is 0 Å². The number of hydrogen-bond acceptors (Lipinski definition) is 6. The van der Waals surface area contributed by atoms with Crippen LogP contribution in [0.25, 0.3) is 5.69 Å². The van der Waals surface area contributed by atoms with Gasteiger partial charge in [0, 0.05) is 25.7 Å². The van der Waals surface area contributed by atoms with Crippen LogP contribution in [0.5, 0.6) is 0 Å². The second-order valence-corrected chi connectivity index (χ2v) is 5.48. The van der Waals surface area contributed by atoms with E-state index in [9.17, 15) is 4.79 Å². The Labute approximate surface area is 134 Å². The summed E-state index contributed by atoms with van der Waals surface area (Å²) in [7, 11) is 0. The molecule has 122 valence electrons. The Bertz CT molecular complexity index is 639. The molecule has 1 aliphatic rings. The maximum atomic E-state index is 12.5. The van der Waals surface area contributed by atoms with Gasteiger partial charge < -0.3 is 10.1 Å². The summed E-state index contributed by atoms with van der Waals surface area (Å²) in [4.78, 5) is 14.8. The van der Waals surface area contributed by atoms with Crippen molar-refractivity contribution < 1.29 is 9.53 Å². The van der Waals surface area contributed by atoms with Gasteiger partial charge in [-0.25, -0.2) is 0 Å². The first-order valence-corrected chi connectivity index (χ1v) is 7.68. The number of tetrazole rings is 1. The van der Waals surface area contributed by atoms with Crippen LogP contribution in [0, 0.1) is 0 Å². The van der Waals surface area contributed by atoms with Crippen LogP contribution in [0.4, 0.5) is 0 Å². The lowest BCUT2D eigenvalue weighted by molar-refractivity contribution is 0.0204. The van der Waals surface area contributed by atoms with E-state index >= 15 is 0 Å². The van der Waals surface area contributed by atoms with E-state index in [-0.39, 0.29) is 11.9 Å². The Morgan fingerprint density at radius 3 is 2.87 bits per heavy atom. The number of carbonyl (C=O) groups is 1. The van der Waals surface area contributed by atoms with Crippen LogP contribution in [0.1, 0.15) is 17.3 Å². The minimum atomic E-state index is -0.129. The largest absolute Gasteiger partial charge is 0.379 e. The molecule has 1 unspecified atom stereocenters. The summed E-state index contributed by atoms with van der Waals surface area (Å²) >= 11 is 0. The summed E-state index contributed by atoms with van der Waals surface area (Å²) in [6.45, 7) is 6.00. The summed E-state index contributed by atoms with van der Waals surface area (Å²) in [6, 6.07) is 7.53. The van der Waals surface area contributed by atoms with Gasteiger partial charge in [0.25, 0.3) is 5.91 Å². The highest BCUT2D eigenvalue weighted by molar-refractivity contribution is 5.97. The SMILES string of the molecule is CC(CNC(=O)c1ccccc1-n1cnnn1)N1CCOCC1. The quantitative estimate of drug-likeness (QED) is 0.843. The number of benzene rings is 1. The fourth-order valence-corrected chi connectivity index (χ4v) is 2.62. The van der Waals surface area contributed by atoms with Crippen molar-refractivity contribution in [2.75, 3.05) is 32.8 Å². The van der Waals surface area contributed by atoms with Crippen LogP contribution in [0.2, 0.25) is 0 Å². The third kappa shape index (κ3) is 3.72. The van der Waals surface area contributed by atoms with Crippen molar-refractivity contribution >= 4 is 5.91 Å². The number of hydrogen-bond donors (Lipinski definition) is 1. The molecule has 0 aliphatic carbocycles. The van der Waals surface area contributed by atoms with Crippen LogP contribution in [-0.4, -0.2) is 69.9 Å². The molecule has 8 heteroatoms. The highest BCUT2D eigenvalue weighted by atomic mass is 16.5. The Morgan fingerprint density at radius 2 is 2.13 bits per heavy atom. The highest BCUT2D eigenvalue weighted by Gasteiger charge is 2.19. The van der Waals surface area contributed by atoms with E-state index in [2.05, 4.69) is 32.7 Å². The minimum Gasteiger partial charge on any atom is -0.379 e. The smallest absolute Gasteiger partial charge is 0.253 e. The fourth-order valence-electron chi connectivity index (χ4n) is 2.62. The third-order valence-electron chi connectivity index (χ3n) is 3.97. The predicted octanol–water partition coefficient (Wildman–Crippen LogP) is 0.113. The van der Waals surface area contributed by atoms with E-state index in [0.717, 1.165) is 26.3 Å². The first kappa shape index (κ1) is 15.6. The molecule has 1 aromatic heterocycles. The zero-order valence-electron chi connectivity index (χ0n) is 13.1. The first-order chi connectivity index (χ1) is 11.3. The predicted molar refractivity (Wildman–Crippen MR) is 83.3 cm³/mol. The fraction of sp³-hybridized carbons (Fsp3) is 0.467. The van der Waals surface area contributed by atoms with Gasteiger partial charge in [-0.15, -0.1) is 5.10 Å². The summed E-state index contributed by atoms with van der Waals surface area (Å²) < 4.78 is 6.84. The van der Waals surface area contributed by atoms with Crippen LogP contribution < -0.4 is 5.32 Å². The average molecular weight is 316 g/mol. The lowest BCUT2D eigenvalue weighted by Crippen LogP contribution is -2.47. The summed E-state index contributed by atoms with van der Waals surface area (Å²) in [5.41, 5.74) is 1.21. The molecule has 8 nitrogen and oxygen atoms in total. The number of morpholine rings is 1. The molecule has 3 rings (SSSR count). The van der Waals surface area contributed by atoms with Gasteiger partial charge in [-0.1, -0.05) is 12.1 Å². The van der Waals surface area contributed by atoms with Crippen LogP contribution >= 0.6 is 0 Å². The lowest BCUT2D eigenvalue weighted by atomic mass is 10.1. The molecule has 1 aliphatic heterocycles. The zero-order valence-corrected chi connectivity index (χ0v) is 13.1. The molecule has 1 atom stereocenters. The maximum Gasteiger partial charge on any atom is 0.253 e. The number of amides is 1. The molecular weight excluding hydrogens is 296 g/mol. The average Bonchev–Trinajstić information content (AvgIpc) is 3.14. The van der Waals surface area contributed by atoms with Crippen molar-refractivity contribution in [3.63, 3.8) is 0 Å². The van der Waals surface area contributed by atoms with Crippen LogP contribution in [0.3, 0.4) is 0 Å². The Kier molecular flexibility index (Phi) is 4.94. The molecule has 1 amide bonds. The van der Waals surface area contributed by atoms with Crippen molar-refractivity contribution in [2.45, 2.75) is 13.0 Å². The van der Waals surface area contributed by atoms with E-state index in [1.54, 1.807) is 6.07 Å². The van der Waals surface area contributed by atoms with E-state index in [1.807, 2.05) is 18.2 Å². The second-order valence-electron chi connectivity index (χ2n) is 5.48. The van der Waals surface area contributed by atoms with E-state index in [0.29, 0.717) is 17.8 Å². The van der Waals surface area contributed by atoms with Gasteiger partial charge >= 0.3 is 0 Å². The van der Waals surface area contributed by atoms with Gasteiger partial charge in [0.1, 0.15) is 6.33 Å². The number of para-hydroxylation sites is 1. The second kappa shape index (κ2) is 7.30. The first-order valence-electron chi connectivity index (χ1n) is 7.68. The number of aromatic nitrogens is 4. The van der Waals surface area contributed by atoms with Gasteiger partial charge in [-0.05, 0) is 29.5 Å². The van der Waals surface area contributed by atoms with Gasteiger partial charge in [-0.2, -0.15) is 4.68 Å². The van der Waals surface area contributed by atoms with Crippen molar-refractivity contribution in [2.24, 2.45) is 0 Å². The monoisotopic (exact) mass is 316 g/mol. The molecule has 1 aromatic carbocycles. The normalized spacial score (nSPS) is 16.9. The maximum absolute atomic E-state index is 12.5. The number of carbonyl (C=O) groups excluding carboxylic acids is 1. The molecule has 0 bridgehead atoms. The molecule has 0 saturated carbocycles. The summed E-state index contributed by atoms with van der Waals surface area (Å²) in [6.07, 6.45) is 1.47. The van der Waals surface area contributed by atoms with Crippen molar-refractivity contribution in [1.29, 1.82) is 0 Å². The van der Waals surface area contributed by atoms with E-state index in [4.69, 9.17) is 4.74 Å². The molecule has 1 N–H and O–H groups in total. The van der Waals surface area contributed by atoms with Gasteiger partial charge in [-0.3, -0.25) is 9.69 Å². The molecular formula is C15H20N6O2. The Morgan fingerprint density at radius 1 is 1.35 bits per heavy atom. The molecule has 0 spiro atoms. The van der Waals surface area contributed by atoms with Gasteiger partial charge in [0.05, 0.1) is 24.5 Å². The molecule has 1 fully saturated rings. The Balaban J connectivity index is 1.64. The lowest BCUT2D eigenvalue weighted by Gasteiger charge is -2.32. The standard InChI is InChI=1S/C15H20N6O2/c1-12(20-6-8-23-9-7-20)10-16-15(22)13-4-2-3-5-14(13)21-11-17-18-19-21/h2-5,11-12H,6-10H2,1H3,(H,16,22). The minimum absolute atomic E-state index is 0.129. The molecule has 2 heterocycles. The van der Waals surface area contributed by atoms with Crippen LogP contribution in [-0.2, 0) is 4.74 Å². The summed E-state index contributed by atoms with van der Waals surface area (Å²) in [5, 5.41) is 14.1. The molecule has 0 radical (unpaired) electrons. The number of rotatable bonds is 5. The molecule has 2 aromatic rings. The Hall–Kier alpha value is -2.32. The van der Waals surface area contributed by atoms with Crippen molar-refractivity contribution in [3.05, 3.63) is 36.2 Å². The van der Waals surface area contributed by atoms with E-state index in [1.165, 1.54) is 11.0 Å². The topological polar surface area (TPSA) is 85.2 Å². The van der Waals surface area contributed by atoms with Crippen molar-refractivity contribution in [1.82, 2.24) is 30.4 Å². The van der Waals surface area contributed by atoms with Crippen molar-refractivity contribution in [3.8, 4) is 5.69 Å². The molecule has 23 heavy (non-hydrogen) atoms. The zero-order chi connectivity index (χ0) is 16.1. The number of ether oxygens (including phenoxy) is 1. The number of nitrogens with one attached hydrogen (secondary N) is 1. The van der Waals surface area contributed by atoms with Crippen LogP contribution in [0.15, 0.2) is 30.6 Å². The third-order valence-corrected chi connectivity index (χ3v) is 3.97. The molecule has 1 saturated heterocycles. The van der Waals surface area contributed by atoms with Gasteiger partial charge in [0.15, 0.2) is 0 Å². The summed E-state index contributed by atoms with van der Waals surface area (Å²) in [5.74, 6) is -0.129. The highest BCUT2D eigenvalue weighted by Crippen LogP contribution is 2.12. The number of nitrogens with zero attached hydrogens (tertiary/aromatic N) is 5. The van der Waals surface area contributed by atoms with E-state index < -0.39 is 0 Å².